The van der Waals surface area contributed by atoms with Crippen LogP contribution < -0.4 is 16.0 Å². The molecule has 6 heteroatoms. The molecule has 2 aliphatic rings. The highest BCUT2D eigenvalue weighted by Gasteiger charge is 2.45. The Hall–Kier alpha value is -1.56. The molecule has 20 heavy (non-hydrogen) atoms. The summed E-state index contributed by atoms with van der Waals surface area (Å²) in [5, 5.41) is 7.88. The molecule has 3 rings (SSSR count). The van der Waals surface area contributed by atoms with E-state index in [0.29, 0.717) is 23.4 Å². The summed E-state index contributed by atoms with van der Waals surface area (Å²) in [5.74, 6) is 1.85. The molecule has 3 heterocycles. The summed E-state index contributed by atoms with van der Waals surface area (Å²) in [4.78, 5) is 14.1. The minimum absolute atomic E-state index is 0.379. The first-order valence-electron chi connectivity index (χ1n) is 7.35. The Bertz CT molecular complexity index is 538. The molecule has 2 aliphatic heterocycles. The minimum atomic E-state index is -0.379. The lowest BCUT2D eigenvalue weighted by Crippen LogP contribution is -2.37. The van der Waals surface area contributed by atoms with Crippen LogP contribution in [0.5, 0.6) is 0 Å². The van der Waals surface area contributed by atoms with Gasteiger partial charge in [-0.3, -0.25) is 9.48 Å². The summed E-state index contributed by atoms with van der Waals surface area (Å²) in [7, 11) is 1.90. The van der Waals surface area contributed by atoms with E-state index < -0.39 is 0 Å². The van der Waals surface area contributed by atoms with Crippen molar-refractivity contribution in [3.05, 3.63) is 11.3 Å². The van der Waals surface area contributed by atoms with Crippen molar-refractivity contribution in [3.63, 3.8) is 0 Å². The van der Waals surface area contributed by atoms with E-state index in [0.717, 1.165) is 37.6 Å². The Morgan fingerprint density at radius 1 is 1.50 bits per heavy atom. The van der Waals surface area contributed by atoms with Crippen LogP contribution in [0.15, 0.2) is 0 Å². The van der Waals surface area contributed by atoms with Gasteiger partial charge in [-0.05, 0) is 25.2 Å². The summed E-state index contributed by atoms with van der Waals surface area (Å²) in [5.41, 5.74) is 6.87. The summed E-state index contributed by atoms with van der Waals surface area (Å²) in [6, 6.07) is 0.461. The Labute approximate surface area is 119 Å². The van der Waals surface area contributed by atoms with Gasteiger partial charge in [0.25, 0.3) is 5.91 Å². The zero-order valence-electron chi connectivity index (χ0n) is 12.4. The number of primary amides is 1. The molecular formula is C14H23N5O. The first-order chi connectivity index (χ1) is 9.54. The third-order valence-electron chi connectivity index (χ3n) is 4.85. The van der Waals surface area contributed by atoms with Gasteiger partial charge in [-0.1, -0.05) is 6.92 Å². The molecule has 1 aromatic rings. The van der Waals surface area contributed by atoms with E-state index in [9.17, 15) is 4.79 Å². The van der Waals surface area contributed by atoms with Gasteiger partial charge in [0.1, 0.15) is 11.4 Å². The number of carbonyl (C=O) groups is 1. The second-order valence-electron chi connectivity index (χ2n) is 5.98. The van der Waals surface area contributed by atoms with E-state index in [2.05, 4.69) is 22.2 Å². The summed E-state index contributed by atoms with van der Waals surface area (Å²) in [6.07, 6.45) is 1.07. The zero-order valence-corrected chi connectivity index (χ0v) is 12.4. The lowest BCUT2D eigenvalue weighted by molar-refractivity contribution is 0.1000. The molecule has 0 radical (unpaired) electrons. The maximum atomic E-state index is 11.8. The van der Waals surface area contributed by atoms with E-state index in [4.69, 9.17) is 5.73 Å². The van der Waals surface area contributed by atoms with Crippen LogP contribution in [0.2, 0.25) is 0 Å². The van der Waals surface area contributed by atoms with Gasteiger partial charge >= 0.3 is 0 Å². The number of nitrogens with one attached hydrogen (secondary N) is 1. The molecule has 0 bridgehead atoms. The van der Waals surface area contributed by atoms with Crippen LogP contribution in [0.1, 0.15) is 29.4 Å². The SMILES string of the molecule is CCC1C2CNCC2CN1c1c(C(N)=O)c(C)nn1C. The van der Waals surface area contributed by atoms with Crippen molar-refractivity contribution in [3.8, 4) is 0 Å². The molecule has 2 fully saturated rings. The summed E-state index contributed by atoms with van der Waals surface area (Å²) < 4.78 is 1.81. The molecular weight excluding hydrogens is 254 g/mol. The average Bonchev–Trinajstić information content (AvgIpc) is 3.00. The van der Waals surface area contributed by atoms with Crippen molar-refractivity contribution in [1.82, 2.24) is 15.1 Å². The number of carbonyl (C=O) groups excluding carboxylic acids is 1. The van der Waals surface area contributed by atoms with Gasteiger partial charge in [-0.25, -0.2) is 0 Å². The highest BCUT2D eigenvalue weighted by Crippen LogP contribution is 2.39. The van der Waals surface area contributed by atoms with E-state index in [1.807, 2.05) is 18.7 Å². The van der Waals surface area contributed by atoms with Crippen LogP contribution in [0.3, 0.4) is 0 Å². The quantitative estimate of drug-likeness (QED) is 0.831. The van der Waals surface area contributed by atoms with E-state index in [-0.39, 0.29) is 5.91 Å². The summed E-state index contributed by atoms with van der Waals surface area (Å²) in [6.45, 7) is 7.19. The smallest absolute Gasteiger partial charge is 0.254 e. The van der Waals surface area contributed by atoms with Crippen molar-refractivity contribution in [2.75, 3.05) is 24.5 Å². The Morgan fingerprint density at radius 3 is 2.90 bits per heavy atom. The van der Waals surface area contributed by atoms with Crippen molar-refractivity contribution in [1.29, 1.82) is 0 Å². The second kappa shape index (κ2) is 4.77. The summed E-state index contributed by atoms with van der Waals surface area (Å²) >= 11 is 0. The molecule has 3 atom stereocenters. The largest absolute Gasteiger partial charge is 0.365 e. The maximum Gasteiger partial charge on any atom is 0.254 e. The van der Waals surface area contributed by atoms with Gasteiger partial charge in [-0.2, -0.15) is 5.10 Å². The number of fused-ring (bicyclic) bond motifs is 1. The number of hydrogen-bond acceptors (Lipinski definition) is 4. The van der Waals surface area contributed by atoms with Crippen LogP contribution in [-0.2, 0) is 7.05 Å². The fourth-order valence-corrected chi connectivity index (χ4v) is 4.05. The lowest BCUT2D eigenvalue weighted by Gasteiger charge is -2.29. The van der Waals surface area contributed by atoms with Gasteiger partial charge in [0, 0.05) is 32.7 Å². The number of nitrogens with two attached hydrogens (primary N) is 1. The number of nitrogens with zero attached hydrogens (tertiary/aromatic N) is 3. The Balaban J connectivity index is 2.03. The van der Waals surface area contributed by atoms with Gasteiger partial charge in [0.2, 0.25) is 0 Å². The van der Waals surface area contributed by atoms with Gasteiger partial charge in [0.05, 0.1) is 5.69 Å². The molecule has 3 unspecified atom stereocenters. The van der Waals surface area contributed by atoms with Gasteiger partial charge < -0.3 is 16.0 Å². The van der Waals surface area contributed by atoms with E-state index >= 15 is 0 Å². The molecule has 0 spiro atoms. The number of aryl methyl sites for hydroxylation is 2. The van der Waals surface area contributed by atoms with Gasteiger partial charge in [0.15, 0.2) is 0 Å². The van der Waals surface area contributed by atoms with Crippen LogP contribution in [0.4, 0.5) is 5.82 Å². The molecule has 0 saturated carbocycles. The Morgan fingerprint density at radius 2 is 2.25 bits per heavy atom. The van der Waals surface area contributed by atoms with E-state index in [1.54, 1.807) is 0 Å². The maximum absolute atomic E-state index is 11.8. The minimum Gasteiger partial charge on any atom is -0.365 e. The number of rotatable bonds is 3. The van der Waals surface area contributed by atoms with E-state index in [1.165, 1.54) is 0 Å². The van der Waals surface area contributed by atoms with Crippen molar-refractivity contribution in [2.45, 2.75) is 26.3 Å². The first-order valence-corrected chi connectivity index (χ1v) is 7.35. The number of amides is 1. The highest BCUT2D eigenvalue weighted by atomic mass is 16.1. The molecule has 110 valence electrons. The third-order valence-corrected chi connectivity index (χ3v) is 4.85. The van der Waals surface area contributed by atoms with Crippen LogP contribution >= 0.6 is 0 Å². The molecule has 0 aromatic carbocycles. The fourth-order valence-electron chi connectivity index (χ4n) is 4.05. The molecule has 1 aromatic heterocycles. The van der Waals surface area contributed by atoms with Crippen LogP contribution in [0.25, 0.3) is 0 Å². The standard InChI is InChI=1S/C14H23N5O/c1-4-11-10-6-16-5-9(10)7-19(11)14-12(13(15)20)8(2)17-18(14)3/h9-11,16H,4-7H2,1-3H3,(H2,15,20). The molecule has 1 amide bonds. The molecule has 6 nitrogen and oxygen atoms in total. The van der Waals surface area contributed by atoms with Crippen LogP contribution in [-0.4, -0.2) is 41.4 Å². The van der Waals surface area contributed by atoms with Crippen molar-refractivity contribution < 1.29 is 4.79 Å². The predicted octanol–water partition coefficient (Wildman–Crippen LogP) is 0.262. The van der Waals surface area contributed by atoms with Gasteiger partial charge in [-0.15, -0.1) is 0 Å². The molecule has 3 N–H and O–H groups in total. The predicted molar refractivity (Wildman–Crippen MR) is 77.7 cm³/mol. The molecule has 0 aliphatic carbocycles. The Kier molecular flexibility index (Phi) is 3.20. The van der Waals surface area contributed by atoms with Crippen molar-refractivity contribution >= 4 is 11.7 Å². The third kappa shape index (κ3) is 1.82. The average molecular weight is 277 g/mol. The topological polar surface area (TPSA) is 76.2 Å². The van der Waals surface area contributed by atoms with Crippen molar-refractivity contribution in [2.24, 2.45) is 24.6 Å². The normalized spacial score (nSPS) is 28.9. The highest BCUT2D eigenvalue weighted by molar-refractivity contribution is 5.99. The zero-order chi connectivity index (χ0) is 14.4. The molecule has 2 saturated heterocycles. The first kappa shape index (κ1) is 13.4. The van der Waals surface area contributed by atoms with Crippen LogP contribution in [0, 0.1) is 18.8 Å². The number of anilines is 1. The lowest BCUT2D eigenvalue weighted by atomic mass is 9.93. The fraction of sp³-hybridized carbons (Fsp3) is 0.714. The second-order valence-corrected chi connectivity index (χ2v) is 5.98. The number of hydrogen-bond donors (Lipinski definition) is 2. The monoisotopic (exact) mass is 277 g/mol. The number of aromatic nitrogens is 2.